The molecule has 0 saturated carbocycles. The van der Waals surface area contributed by atoms with Gasteiger partial charge in [-0.3, -0.25) is 9.59 Å². The highest BCUT2D eigenvalue weighted by atomic mass is 16.6. The highest BCUT2D eigenvalue weighted by molar-refractivity contribution is 5.89. The molecule has 0 aliphatic carbocycles. The van der Waals surface area contributed by atoms with Crippen molar-refractivity contribution in [2.75, 3.05) is 26.9 Å². The van der Waals surface area contributed by atoms with Crippen molar-refractivity contribution in [3.8, 4) is 0 Å². The van der Waals surface area contributed by atoms with Gasteiger partial charge in [-0.25, -0.2) is 4.79 Å². The quantitative estimate of drug-likeness (QED) is 0.136. The van der Waals surface area contributed by atoms with Crippen molar-refractivity contribution in [3.05, 3.63) is 12.2 Å². The molecule has 1 heterocycles. The van der Waals surface area contributed by atoms with Crippen molar-refractivity contribution in [1.29, 1.82) is 0 Å². The normalized spacial score (nSPS) is 21.2. The Labute approximate surface area is 194 Å². The van der Waals surface area contributed by atoms with Crippen molar-refractivity contribution in [3.63, 3.8) is 0 Å². The molecule has 6 atom stereocenters. The smallest absolute Gasteiger partial charge is 0.335 e. The van der Waals surface area contributed by atoms with Gasteiger partial charge in [0.1, 0.15) is 31.0 Å². The van der Waals surface area contributed by atoms with E-state index in [2.05, 4.69) is 10.6 Å². The molecule has 0 aromatic carbocycles. The summed E-state index contributed by atoms with van der Waals surface area (Å²) in [7, 11) is 1.16. The van der Waals surface area contributed by atoms with Gasteiger partial charge in [-0.05, 0) is 25.2 Å². The predicted octanol–water partition coefficient (Wildman–Crippen LogP) is -0.970. The van der Waals surface area contributed by atoms with Crippen molar-refractivity contribution in [1.82, 2.24) is 10.6 Å². The van der Waals surface area contributed by atoms with Crippen LogP contribution in [0.5, 0.6) is 0 Å². The highest BCUT2D eigenvalue weighted by Crippen LogP contribution is 2.17. The first-order chi connectivity index (χ1) is 15.4. The van der Waals surface area contributed by atoms with Crippen LogP contribution >= 0.6 is 0 Å². The van der Waals surface area contributed by atoms with E-state index in [1.165, 1.54) is 13.0 Å². The summed E-state index contributed by atoms with van der Waals surface area (Å²) in [5.74, 6) is -1.86. The molecule has 0 aromatic rings. The third-order valence-corrected chi connectivity index (χ3v) is 4.91. The molecule has 1 fully saturated rings. The van der Waals surface area contributed by atoms with Crippen LogP contribution in [-0.2, 0) is 28.6 Å². The van der Waals surface area contributed by atoms with Gasteiger partial charge < -0.3 is 40.2 Å². The van der Waals surface area contributed by atoms with Crippen molar-refractivity contribution in [2.45, 2.75) is 77.1 Å². The number of amides is 2. The summed E-state index contributed by atoms with van der Waals surface area (Å²) in [6, 6.07) is -1.00. The first-order valence-electron chi connectivity index (χ1n) is 11.0. The summed E-state index contributed by atoms with van der Waals surface area (Å²) in [4.78, 5) is 36.4. The van der Waals surface area contributed by atoms with Crippen LogP contribution in [0.1, 0.15) is 40.5 Å². The maximum absolute atomic E-state index is 12.5. The van der Waals surface area contributed by atoms with Gasteiger partial charge >= 0.3 is 5.97 Å². The van der Waals surface area contributed by atoms with Gasteiger partial charge in [0.05, 0.1) is 6.54 Å². The molecule has 1 aliphatic heterocycles. The minimum Gasteiger partial charge on any atom is -0.462 e. The lowest BCUT2D eigenvalue weighted by Gasteiger charge is -2.28. The van der Waals surface area contributed by atoms with E-state index in [4.69, 9.17) is 14.2 Å². The standard InChI is InChI=1S/C22H38N2O9/c1-13(19(28)23-10-12-33-21(30)15-7-6-11-32-15)24-20(29)18(31-5)17(27)16(26)14(25)8-9-22(2,3)4/h8-9,13-18,25-27H,6-7,10-12H2,1-5H3,(H,23,28)(H,24,29)/b9-8+/t13-,14+,15+,16-,17+,18+/m0/s1. The third kappa shape index (κ3) is 10.2. The fourth-order valence-electron chi connectivity index (χ4n) is 2.98. The maximum Gasteiger partial charge on any atom is 0.335 e. The lowest BCUT2D eigenvalue weighted by atomic mass is 9.94. The van der Waals surface area contributed by atoms with Gasteiger partial charge in [-0.2, -0.15) is 0 Å². The number of esters is 1. The summed E-state index contributed by atoms with van der Waals surface area (Å²) in [5.41, 5.74) is -0.255. The van der Waals surface area contributed by atoms with Gasteiger partial charge in [0.25, 0.3) is 5.91 Å². The molecule has 0 unspecified atom stereocenters. The molecule has 11 nitrogen and oxygen atoms in total. The number of carbonyl (C=O) groups is 3. The number of aliphatic hydroxyl groups excluding tert-OH is 3. The Balaban J connectivity index is 2.48. The Morgan fingerprint density at radius 2 is 1.82 bits per heavy atom. The molecule has 5 N–H and O–H groups in total. The SMILES string of the molecule is CO[C@@H](C(=O)N[C@@H](C)C(=O)NCCOC(=O)[C@H]1CCCO1)[C@H](O)[C@@H](O)[C@H](O)/C=C/C(C)(C)C. The zero-order valence-corrected chi connectivity index (χ0v) is 19.9. The van der Waals surface area contributed by atoms with E-state index in [-0.39, 0.29) is 18.6 Å². The second kappa shape index (κ2) is 13.6. The van der Waals surface area contributed by atoms with Crippen LogP contribution < -0.4 is 10.6 Å². The number of hydrogen-bond donors (Lipinski definition) is 5. The summed E-state index contributed by atoms with van der Waals surface area (Å²) in [5, 5.41) is 35.5. The number of rotatable bonds is 12. The van der Waals surface area contributed by atoms with Gasteiger partial charge in [-0.1, -0.05) is 32.9 Å². The molecule has 33 heavy (non-hydrogen) atoms. The molecule has 0 bridgehead atoms. The minimum absolute atomic E-state index is 0.0405. The average molecular weight is 475 g/mol. The Morgan fingerprint density at radius 3 is 2.36 bits per heavy atom. The second-order valence-electron chi connectivity index (χ2n) is 9.04. The summed E-state index contributed by atoms with van der Waals surface area (Å²) in [6.45, 7) is 7.62. The van der Waals surface area contributed by atoms with Crippen molar-refractivity contribution < 1.29 is 43.9 Å². The molecule has 0 spiro atoms. The van der Waals surface area contributed by atoms with Gasteiger partial charge in [-0.15, -0.1) is 0 Å². The number of allylic oxidation sites excluding steroid dienone is 1. The molecule has 1 saturated heterocycles. The van der Waals surface area contributed by atoms with Gasteiger partial charge in [0.2, 0.25) is 5.91 Å². The molecule has 1 rings (SSSR count). The largest absolute Gasteiger partial charge is 0.462 e. The van der Waals surface area contributed by atoms with Gasteiger partial charge in [0.15, 0.2) is 12.2 Å². The lowest BCUT2D eigenvalue weighted by molar-refractivity contribution is -0.154. The van der Waals surface area contributed by atoms with Crippen LogP contribution in [-0.4, -0.2) is 96.5 Å². The van der Waals surface area contributed by atoms with Crippen molar-refractivity contribution in [2.24, 2.45) is 5.41 Å². The summed E-state index contributed by atoms with van der Waals surface area (Å²) < 4.78 is 15.2. The van der Waals surface area contributed by atoms with E-state index in [0.717, 1.165) is 13.5 Å². The molecular formula is C22H38N2O9. The Morgan fingerprint density at radius 1 is 1.15 bits per heavy atom. The number of carbonyl (C=O) groups excluding carboxylic acids is 3. The Hall–Kier alpha value is -2.05. The number of aliphatic hydroxyl groups is 3. The first kappa shape index (κ1) is 29.0. The summed E-state index contributed by atoms with van der Waals surface area (Å²) >= 11 is 0. The molecule has 1 aliphatic rings. The average Bonchev–Trinajstić information content (AvgIpc) is 3.29. The molecule has 0 aromatic heterocycles. The fraction of sp³-hybridized carbons (Fsp3) is 0.773. The lowest BCUT2D eigenvalue weighted by Crippen LogP contribution is -2.55. The molecule has 11 heteroatoms. The Bertz CT molecular complexity index is 671. The second-order valence-corrected chi connectivity index (χ2v) is 9.04. The molecular weight excluding hydrogens is 436 g/mol. The van der Waals surface area contributed by atoms with Crippen LogP contribution in [0.4, 0.5) is 0 Å². The summed E-state index contributed by atoms with van der Waals surface area (Å²) in [6.07, 6.45) is -2.55. The van der Waals surface area contributed by atoms with Crippen LogP contribution in [0.2, 0.25) is 0 Å². The van der Waals surface area contributed by atoms with E-state index in [0.29, 0.717) is 13.0 Å². The maximum atomic E-state index is 12.5. The van der Waals surface area contributed by atoms with Crippen LogP contribution in [0, 0.1) is 5.41 Å². The van der Waals surface area contributed by atoms with E-state index in [9.17, 15) is 29.7 Å². The molecule has 2 amide bonds. The van der Waals surface area contributed by atoms with E-state index in [1.807, 2.05) is 20.8 Å². The van der Waals surface area contributed by atoms with Crippen LogP contribution in [0.15, 0.2) is 12.2 Å². The van der Waals surface area contributed by atoms with E-state index in [1.54, 1.807) is 6.08 Å². The first-order valence-corrected chi connectivity index (χ1v) is 11.0. The van der Waals surface area contributed by atoms with Crippen LogP contribution in [0.25, 0.3) is 0 Å². The molecule has 0 radical (unpaired) electrons. The van der Waals surface area contributed by atoms with Crippen LogP contribution in [0.3, 0.4) is 0 Å². The highest BCUT2D eigenvalue weighted by Gasteiger charge is 2.36. The minimum atomic E-state index is -1.75. The predicted molar refractivity (Wildman–Crippen MR) is 118 cm³/mol. The Kier molecular flexibility index (Phi) is 12.0. The topological polar surface area (TPSA) is 164 Å². The fourth-order valence-corrected chi connectivity index (χ4v) is 2.98. The monoisotopic (exact) mass is 474 g/mol. The number of hydrogen-bond acceptors (Lipinski definition) is 9. The van der Waals surface area contributed by atoms with Gasteiger partial charge in [0, 0.05) is 13.7 Å². The molecule has 190 valence electrons. The number of methoxy groups -OCH3 is 1. The van der Waals surface area contributed by atoms with Crippen molar-refractivity contribution >= 4 is 17.8 Å². The number of nitrogens with one attached hydrogen (secondary N) is 2. The zero-order valence-electron chi connectivity index (χ0n) is 19.9. The van der Waals surface area contributed by atoms with E-state index >= 15 is 0 Å². The van der Waals surface area contributed by atoms with E-state index < -0.39 is 54.3 Å². The number of ether oxygens (including phenoxy) is 3. The zero-order chi connectivity index (χ0) is 25.2. The third-order valence-electron chi connectivity index (χ3n) is 4.91.